The molecule has 2 N–H and O–H groups in total. The lowest BCUT2D eigenvalue weighted by molar-refractivity contribution is -0.133. The predicted octanol–water partition coefficient (Wildman–Crippen LogP) is -0.863. The van der Waals surface area contributed by atoms with E-state index in [1.807, 2.05) is 0 Å². The molecule has 1 saturated heterocycles. The first-order chi connectivity index (χ1) is 8.99. The van der Waals surface area contributed by atoms with Crippen LogP contribution in [0.25, 0.3) is 0 Å². The fraction of sp³-hybridized carbons (Fsp3) is 0.750. The molecule has 1 aliphatic heterocycles. The lowest BCUT2D eigenvalue weighted by Gasteiger charge is -2.25. The minimum absolute atomic E-state index is 0.0736. The number of hydrogen-bond donors (Lipinski definition) is 2. The van der Waals surface area contributed by atoms with Gasteiger partial charge in [-0.3, -0.25) is 19.4 Å². The molecule has 0 aromatic rings. The Bertz CT molecular complexity index is 394. The average Bonchev–Trinajstić information content (AvgIpc) is 3.06. The number of nitrogens with one attached hydrogen (secondary N) is 2. The smallest absolute Gasteiger partial charge is 0.324 e. The van der Waals surface area contributed by atoms with Gasteiger partial charge in [-0.25, -0.2) is 4.79 Å². The van der Waals surface area contributed by atoms with Gasteiger partial charge in [-0.1, -0.05) is 0 Å². The Labute approximate surface area is 112 Å². The highest BCUT2D eigenvalue weighted by atomic mass is 16.2. The van der Waals surface area contributed by atoms with Crippen LogP contribution < -0.4 is 10.6 Å². The molecule has 1 aliphatic carbocycles. The van der Waals surface area contributed by atoms with Crippen LogP contribution in [-0.2, 0) is 9.59 Å². The molecule has 1 atom stereocenters. The van der Waals surface area contributed by atoms with Crippen molar-refractivity contribution in [2.24, 2.45) is 0 Å². The summed E-state index contributed by atoms with van der Waals surface area (Å²) < 4.78 is 0. The molecule has 0 aromatic heterocycles. The van der Waals surface area contributed by atoms with Crippen LogP contribution >= 0.6 is 0 Å². The van der Waals surface area contributed by atoms with Crippen molar-refractivity contribution in [3.8, 4) is 0 Å². The van der Waals surface area contributed by atoms with Gasteiger partial charge in [0.15, 0.2) is 0 Å². The second-order valence-corrected chi connectivity index (χ2v) is 5.15. The zero-order valence-electron chi connectivity index (χ0n) is 11.3. The Kier molecular flexibility index (Phi) is 4.04. The summed E-state index contributed by atoms with van der Waals surface area (Å²) in [5.74, 6) is -0.341. The van der Waals surface area contributed by atoms with Crippen LogP contribution in [0.5, 0.6) is 0 Å². The molecule has 0 spiro atoms. The normalized spacial score (nSPS) is 20.4. The molecular formula is C12H20N4O3. The highest BCUT2D eigenvalue weighted by Gasteiger charge is 2.32. The first kappa shape index (κ1) is 13.8. The number of urea groups is 1. The van der Waals surface area contributed by atoms with Gasteiger partial charge in [0, 0.05) is 19.1 Å². The van der Waals surface area contributed by atoms with Gasteiger partial charge in [0.2, 0.25) is 11.8 Å². The van der Waals surface area contributed by atoms with E-state index in [1.54, 1.807) is 18.9 Å². The largest absolute Gasteiger partial charge is 0.352 e. The van der Waals surface area contributed by atoms with Crippen LogP contribution in [0.3, 0.4) is 0 Å². The number of carbonyl (C=O) groups is 3. The lowest BCUT2D eigenvalue weighted by atomic mass is 10.2. The summed E-state index contributed by atoms with van der Waals surface area (Å²) in [6, 6.07) is -0.530. The minimum atomic E-state index is -0.492. The van der Waals surface area contributed by atoms with E-state index in [2.05, 4.69) is 10.6 Å². The van der Waals surface area contributed by atoms with Crippen LogP contribution in [0, 0.1) is 0 Å². The van der Waals surface area contributed by atoms with Crippen molar-refractivity contribution in [3.05, 3.63) is 0 Å². The van der Waals surface area contributed by atoms with Crippen molar-refractivity contribution in [2.75, 3.05) is 26.7 Å². The zero-order chi connectivity index (χ0) is 14.0. The number of likely N-dealkylation sites (N-methyl/N-ethyl adjacent to an activating group) is 1. The molecule has 2 aliphatic rings. The third-order valence-electron chi connectivity index (χ3n) is 3.48. The predicted molar refractivity (Wildman–Crippen MR) is 68.4 cm³/mol. The summed E-state index contributed by atoms with van der Waals surface area (Å²) in [6.07, 6.45) is 2.08. The highest BCUT2D eigenvalue weighted by molar-refractivity contribution is 5.98. The maximum Gasteiger partial charge on any atom is 0.324 e. The summed E-state index contributed by atoms with van der Waals surface area (Å²) in [6.45, 7) is 2.75. The summed E-state index contributed by atoms with van der Waals surface area (Å²) in [5, 5.41) is 5.46. The van der Waals surface area contributed by atoms with Gasteiger partial charge < -0.3 is 10.6 Å². The second-order valence-electron chi connectivity index (χ2n) is 5.15. The van der Waals surface area contributed by atoms with E-state index >= 15 is 0 Å². The molecule has 2 fully saturated rings. The molecule has 2 rings (SSSR count). The van der Waals surface area contributed by atoms with Crippen molar-refractivity contribution in [1.29, 1.82) is 0 Å². The van der Waals surface area contributed by atoms with Gasteiger partial charge in [-0.2, -0.15) is 0 Å². The van der Waals surface area contributed by atoms with Crippen LogP contribution in [0.1, 0.15) is 19.8 Å². The fourth-order valence-corrected chi connectivity index (χ4v) is 1.96. The number of imide groups is 1. The molecule has 0 aromatic carbocycles. The van der Waals surface area contributed by atoms with Crippen LogP contribution in [0.2, 0.25) is 0 Å². The number of rotatable bonds is 5. The van der Waals surface area contributed by atoms with E-state index in [1.165, 1.54) is 4.90 Å². The molecule has 0 radical (unpaired) electrons. The zero-order valence-corrected chi connectivity index (χ0v) is 11.3. The molecule has 7 heteroatoms. The summed E-state index contributed by atoms with van der Waals surface area (Å²) in [4.78, 5) is 38.0. The molecule has 1 saturated carbocycles. The first-order valence-corrected chi connectivity index (χ1v) is 6.58. The second kappa shape index (κ2) is 5.56. The maximum absolute atomic E-state index is 12.1. The molecule has 19 heavy (non-hydrogen) atoms. The van der Waals surface area contributed by atoms with E-state index < -0.39 is 6.04 Å². The Balaban J connectivity index is 1.83. The molecule has 0 bridgehead atoms. The van der Waals surface area contributed by atoms with Crippen molar-refractivity contribution >= 4 is 17.8 Å². The van der Waals surface area contributed by atoms with Gasteiger partial charge >= 0.3 is 6.03 Å². The van der Waals surface area contributed by atoms with Gasteiger partial charge in [0.05, 0.1) is 12.6 Å². The highest BCUT2D eigenvalue weighted by Crippen LogP contribution is 2.18. The van der Waals surface area contributed by atoms with Gasteiger partial charge in [-0.15, -0.1) is 0 Å². The van der Waals surface area contributed by atoms with Crippen molar-refractivity contribution < 1.29 is 14.4 Å². The van der Waals surface area contributed by atoms with Crippen LogP contribution in [0.15, 0.2) is 0 Å². The lowest BCUT2D eigenvalue weighted by Crippen LogP contribution is -2.49. The Morgan fingerprint density at radius 2 is 2.21 bits per heavy atom. The summed E-state index contributed by atoms with van der Waals surface area (Å²) in [5.41, 5.74) is 0. The van der Waals surface area contributed by atoms with Gasteiger partial charge in [-0.05, 0) is 26.8 Å². The number of hydrogen-bond acceptors (Lipinski definition) is 4. The van der Waals surface area contributed by atoms with E-state index in [0.717, 1.165) is 12.8 Å². The van der Waals surface area contributed by atoms with E-state index in [4.69, 9.17) is 0 Å². The monoisotopic (exact) mass is 268 g/mol. The standard InChI is InChI=1S/C12H20N4O3/c1-8(11(18)16-6-5-13-12(16)19)15(2)7-10(17)14-9-3-4-9/h8-9H,3-7H2,1-2H3,(H,13,19)(H,14,17)/t8-/m1/s1. The van der Waals surface area contributed by atoms with Crippen molar-refractivity contribution in [3.63, 3.8) is 0 Å². The van der Waals surface area contributed by atoms with Crippen molar-refractivity contribution in [1.82, 2.24) is 20.4 Å². The van der Waals surface area contributed by atoms with Crippen molar-refractivity contribution in [2.45, 2.75) is 31.8 Å². The van der Waals surface area contributed by atoms with Gasteiger partial charge in [0.25, 0.3) is 0 Å². The summed E-state index contributed by atoms with van der Waals surface area (Å²) >= 11 is 0. The number of nitrogens with zero attached hydrogens (tertiary/aromatic N) is 2. The van der Waals surface area contributed by atoms with Gasteiger partial charge in [0.1, 0.15) is 0 Å². The Morgan fingerprint density at radius 3 is 2.74 bits per heavy atom. The topological polar surface area (TPSA) is 81.8 Å². The first-order valence-electron chi connectivity index (χ1n) is 6.58. The molecule has 7 nitrogen and oxygen atoms in total. The third kappa shape index (κ3) is 3.44. The SMILES string of the molecule is C[C@H](C(=O)N1CCNC1=O)N(C)CC(=O)NC1CC1. The minimum Gasteiger partial charge on any atom is -0.352 e. The van der Waals surface area contributed by atoms with E-state index in [0.29, 0.717) is 19.1 Å². The molecule has 106 valence electrons. The van der Waals surface area contributed by atoms with Crippen LogP contribution in [-0.4, -0.2) is 66.4 Å². The maximum atomic E-state index is 12.1. The average molecular weight is 268 g/mol. The summed E-state index contributed by atoms with van der Waals surface area (Å²) in [7, 11) is 1.71. The van der Waals surface area contributed by atoms with E-state index in [-0.39, 0.29) is 24.4 Å². The quantitative estimate of drug-likeness (QED) is 0.679. The van der Waals surface area contributed by atoms with Crippen LogP contribution in [0.4, 0.5) is 4.79 Å². The molecule has 0 unspecified atom stereocenters. The Morgan fingerprint density at radius 1 is 1.53 bits per heavy atom. The molecule has 1 heterocycles. The third-order valence-corrected chi connectivity index (χ3v) is 3.48. The molecule has 4 amide bonds. The number of amides is 4. The fourth-order valence-electron chi connectivity index (χ4n) is 1.96. The molecular weight excluding hydrogens is 248 g/mol. The van der Waals surface area contributed by atoms with E-state index in [9.17, 15) is 14.4 Å². The number of carbonyl (C=O) groups excluding carboxylic acids is 3. The Hall–Kier alpha value is -1.63.